The van der Waals surface area contributed by atoms with Crippen molar-refractivity contribution in [3.8, 4) is 0 Å². The Bertz CT molecular complexity index is 186. The van der Waals surface area contributed by atoms with E-state index >= 15 is 0 Å². The van der Waals surface area contributed by atoms with Gasteiger partial charge in [0.25, 0.3) is 0 Å². The molecule has 0 fully saturated rings. The molecule has 5 heteroatoms. The Morgan fingerprint density at radius 1 is 1.40 bits per heavy atom. The Kier molecular flexibility index (Phi) is 3.27. The summed E-state index contributed by atoms with van der Waals surface area (Å²) in [6, 6.07) is -0.352. The molecule has 0 amide bonds. The lowest BCUT2D eigenvalue weighted by molar-refractivity contribution is 0.516. The van der Waals surface area contributed by atoms with Crippen molar-refractivity contribution in [3.05, 3.63) is 0 Å². The van der Waals surface area contributed by atoms with E-state index in [4.69, 9.17) is 10.9 Å². The van der Waals surface area contributed by atoms with Crippen LogP contribution >= 0.6 is 0 Å². The van der Waals surface area contributed by atoms with E-state index in [1.807, 2.05) is 13.8 Å². The molecule has 0 aromatic carbocycles. The van der Waals surface area contributed by atoms with E-state index in [0.717, 1.165) is 0 Å². The van der Waals surface area contributed by atoms with Gasteiger partial charge in [-0.05, 0) is 5.92 Å². The van der Waals surface area contributed by atoms with Crippen molar-refractivity contribution in [2.24, 2.45) is 16.8 Å². The van der Waals surface area contributed by atoms with Gasteiger partial charge in [0.2, 0.25) is 10.0 Å². The van der Waals surface area contributed by atoms with Crippen LogP contribution in [0.15, 0.2) is 0 Å². The summed E-state index contributed by atoms with van der Waals surface area (Å²) in [6.07, 6.45) is 0. The zero-order valence-electron chi connectivity index (χ0n) is 6.24. The first-order valence-corrected chi connectivity index (χ1v) is 4.80. The molecule has 0 aliphatic heterocycles. The van der Waals surface area contributed by atoms with Gasteiger partial charge < -0.3 is 5.73 Å². The van der Waals surface area contributed by atoms with Crippen LogP contribution in [0.4, 0.5) is 0 Å². The number of sulfonamides is 1. The van der Waals surface area contributed by atoms with Gasteiger partial charge >= 0.3 is 0 Å². The quantitative estimate of drug-likeness (QED) is 0.579. The number of primary sulfonamides is 1. The van der Waals surface area contributed by atoms with Gasteiger partial charge in [-0.25, -0.2) is 13.6 Å². The van der Waals surface area contributed by atoms with Crippen molar-refractivity contribution in [3.63, 3.8) is 0 Å². The summed E-state index contributed by atoms with van der Waals surface area (Å²) in [4.78, 5) is 0. The highest BCUT2D eigenvalue weighted by Crippen LogP contribution is 1.99. The van der Waals surface area contributed by atoms with E-state index < -0.39 is 10.0 Å². The third kappa shape index (κ3) is 4.72. The predicted molar refractivity (Wildman–Crippen MR) is 40.8 cm³/mol. The molecular formula is C5H14N2O2S. The first kappa shape index (κ1) is 9.87. The topological polar surface area (TPSA) is 86.2 Å². The summed E-state index contributed by atoms with van der Waals surface area (Å²) in [5, 5.41) is 4.77. The molecule has 0 heterocycles. The molecule has 0 aliphatic carbocycles. The Morgan fingerprint density at radius 3 is 1.90 bits per heavy atom. The monoisotopic (exact) mass is 166 g/mol. The van der Waals surface area contributed by atoms with E-state index in [2.05, 4.69) is 0 Å². The summed E-state index contributed by atoms with van der Waals surface area (Å²) < 4.78 is 20.9. The maximum absolute atomic E-state index is 10.4. The van der Waals surface area contributed by atoms with Gasteiger partial charge in [0.05, 0.1) is 5.75 Å². The summed E-state index contributed by atoms with van der Waals surface area (Å²) in [5.74, 6) is 0.0170. The van der Waals surface area contributed by atoms with Crippen LogP contribution in [0.2, 0.25) is 0 Å². The number of nitrogens with two attached hydrogens (primary N) is 2. The molecule has 0 saturated heterocycles. The lowest BCUT2D eigenvalue weighted by Crippen LogP contribution is -2.37. The molecule has 0 aromatic heterocycles. The normalized spacial score (nSPS) is 15.7. The second-order valence-electron chi connectivity index (χ2n) is 2.74. The zero-order chi connectivity index (χ0) is 8.36. The van der Waals surface area contributed by atoms with E-state index in [-0.39, 0.29) is 17.7 Å². The molecule has 1 unspecified atom stereocenters. The van der Waals surface area contributed by atoms with Gasteiger partial charge in [-0.3, -0.25) is 0 Å². The van der Waals surface area contributed by atoms with E-state index in [0.29, 0.717) is 0 Å². The van der Waals surface area contributed by atoms with Crippen molar-refractivity contribution in [1.29, 1.82) is 0 Å². The van der Waals surface area contributed by atoms with Crippen LogP contribution in [-0.4, -0.2) is 20.2 Å². The highest BCUT2D eigenvalue weighted by molar-refractivity contribution is 7.89. The molecule has 10 heavy (non-hydrogen) atoms. The highest BCUT2D eigenvalue weighted by atomic mass is 32.2. The first-order chi connectivity index (χ1) is 4.33. The van der Waals surface area contributed by atoms with Crippen LogP contribution in [0.25, 0.3) is 0 Å². The second kappa shape index (κ2) is 3.32. The van der Waals surface area contributed by atoms with Gasteiger partial charge in [-0.1, -0.05) is 13.8 Å². The molecule has 4 nitrogen and oxygen atoms in total. The summed E-state index contributed by atoms with van der Waals surface area (Å²) >= 11 is 0. The second-order valence-corrected chi connectivity index (χ2v) is 4.40. The predicted octanol–water partition coefficient (Wildman–Crippen LogP) is -0.742. The molecule has 1 atom stereocenters. The van der Waals surface area contributed by atoms with Gasteiger partial charge in [-0.15, -0.1) is 0 Å². The van der Waals surface area contributed by atoms with Crippen LogP contribution in [0.1, 0.15) is 13.8 Å². The average molecular weight is 166 g/mol. The standard InChI is InChI=1S/C5H14N2O2S/c1-4(2)5(6)3-10(7,8)9/h4-5H,3,6H2,1-2H3,(H2,7,8,9). The third-order valence-electron chi connectivity index (χ3n) is 1.28. The van der Waals surface area contributed by atoms with Crippen LogP contribution < -0.4 is 10.9 Å². The smallest absolute Gasteiger partial charge is 0.210 e. The van der Waals surface area contributed by atoms with Crippen molar-refractivity contribution in [1.82, 2.24) is 0 Å². The van der Waals surface area contributed by atoms with Crippen LogP contribution in [-0.2, 0) is 10.0 Å². The number of hydrogen-bond acceptors (Lipinski definition) is 3. The van der Waals surface area contributed by atoms with Crippen molar-refractivity contribution >= 4 is 10.0 Å². The number of rotatable bonds is 3. The van der Waals surface area contributed by atoms with Crippen molar-refractivity contribution < 1.29 is 8.42 Å². The average Bonchev–Trinajstić information content (AvgIpc) is 1.60. The Balaban J connectivity index is 3.93. The SMILES string of the molecule is CC(C)C(N)CS(N)(=O)=O. The van der Waals surface area contributed by atoms with E-state index in [1.165, 1.54) is 0 Å². The fourth-order valence-corrected chi connectivity index (χ4v) is 1.38. The van der Waals surface area contributed by atoms with Crippen LogP contribution in [0.3, 0.4) is 0 Å². The minimum Gasteiger partial charge on any atom is -0.326 e. The Morgan fingerprint density at radius 2 is 1.80 bits per heavy atom. The minimum absolute atomic E-state index is 0.134. The minimum atomic E-state index is -3.39. The van der Waals surface area contributed by atoms with E-state index in [9.17, 15) is 8.42 Å². The molecule has 0 bridgehead atoms. The summed E-state index contributed by atoms with van der Waals surface area (Å²) in [6.45, 7) is 3.71. The van der Waals surface area contributed by atoms with Gasteiger partial charge in [0.1, 0.15) is 0 Å². The molecule has 0 aliphatic rings. The fraction of sp³-hybridized carbons (Fsp3) is 1.00. The maximum atomic E-state index is 10.4. The summed E-state index contributed by atoms with van der Waals surface area (Å²) in [5.41, 5.74) is 5.44. The molecule has 0 radical (unpaired) electrons. The van der Waals surface area contributed by atoms with Crippen LogP contribution in [0.5, 0.6) is 0 Å². The largest absolute Gasteiger partial charge is 0.326 e. The van der Waals surface area contributed by atoms with Crippen molar-refractivity contribution in [2.45, 2.75) is 19.9 Å². The molecule has 4 N–H and O–H groups in total. The van der Waals surface area contributed by atoms with Gasteiger partial charge in [0, 0.05) is 6.04 Å². The van der Waals surface area contributed by atoms with Gasteiger partial charge in [-0.2, -0.15) is 0 Å². The molecule has 0 spiro atoms. The van der Waals surface area contributed by atoms with Crippen molar-refractivity contribution in [2.75, 3.05) is 5.75 Å². The molecule has 0 rings (SSSR count). The zero-order valence-corrected chi connectivity index (χ0v) is 7.06. The molecule has 0 aromatic rings. The lowest BCUT2D eigenvalue weighted by Gasteiger charge is -2.12. The maximum Gasteiger partial charge on any atom is 0.210 e. The fourth-order valence-electron chi connectivity index (χ4n) is 0.461. The Hall–Kier alpha value is -0.130. The Labute approximate surface area is 61.6 Å². The molecular weight excluding hydrogens is 152 g/mol. The first-order valence-electron chi connectivity index (χ1n) is 3.09. The molecule has 62 valence electrons. The number of hydrogen-bond donors (Lipinski definition) is 2. The van der Waals surface area contributed by atoms with Gasteiger partial charge in [0.15, 0.2) is 0 Å². The van der Waals surface area contributed by atoms with Crippen LogP contribution in [0, 0.1) is 5.92 Å². The van der Waals surface area contributed by atoms with E-state index in [1.54, 1.807) is 0 Å². The third-order valence-corrected chi connectivity index (χ3v) is 2.13. The summed E-state index contributed by atoms with van der Waals surface area (Å²) in [7, 11) is -3.39. The molecule has 0 saturated carbocycles. The lowest BCUT2D eigenvalue weighted by atomic mass is 10.1. The highest BCUT2D eigenvalue weighted by Gasteiger charge is 2.13.